The van der Waals surface area contributed by atoms with Crippen LogP contribution in [0.15, 0.2) is 42.5 Å². The van der Waals surface area contributed by atoms with Crippen molar-refractivity contribution in [2.45, 2.75) is 0 Å². The number of para-hydroxylation sites is 1. The number of anilines is 1. The Morgan fingerprint density at radius 2 is 1.70 bits per heavy atom. The molecule has 1 aromatic heterocycles. The van der Waals surface area contributed by atoms with E-state index >= 15 is 0 Å². The van der Waals surface area contributed by atoms with Gasteiger partial charge in [0.1, 0.15) is 0 Å². The number of fused-ring (bicyclic) bond motifs is 4. The van der Waals surface area contributed by atoms with Crippen LogP contribution in [0.5, 0.6) is 0 Å². The van der Waals surface area contributed by atoms with E-state index in [2.05, 4.69) is 4.98 Å². The Morgan fingerprint density at radius 3 is 2.55 bits per heavy atom. The quantitative estimate of drug-likeness (QED) is 0.478. The van der Waals surface area contributed by atoms with Crippen molar-refractivity contribution in [2.75, 3.05) is 5.73 Å². The van der Waals surface area contributed by atoms with Crippen LogP contribution in [-0.4, -0.2) is 16.6 Å². The minimum absolute atomic E-state index is 0.132. The van der Waals surface area contributed by atoms with Crippen LogP contribution in [0.3, 0.4) is 0 Å². The second-order valence-corrected chi connectivity index (χ2v) is 4.88. The molecule has 4 rings (SSSR count). The molecule has 4 nitrogen and oxygen atoms in total. The standard InChI is InChI=1S/C16H10N2O2/c17-8-5-6-9-11(7-8)16(20)14-13(15(9)19)10-3-1-2-4-12(10)18-14/h1-7,18H,17H2. The Morgan fingerprint density at radius 1 is 0.900 bits per heavy atom. The number of nitrogen functional groups attached to an aromatic ring is 1. The summed E-state index contributed by atoms with van der Waals surface area (Å²) < 4.78 is 0. The zero-order valence-corrected chi connectivity index (χ0v) is 10.4. The van der Waals surface area contributed by atoms with E-state index in [-0.39, 0.29) is 11.6 Å². The molecule has 3 aromatic rings. The molecule has 1 aliphatic carbocycles. The van der Waals surface area contributed by atoms with E-state index in [9.17, 15) is 9.59 Å². The first-order chi connectivity index (χ1) is 9.66. The summed E-state index contributed by atoms with van der Waals surface area (Å²) in [4.78, 5) is 28.2. The topological polar surface area (TPSA) is 76.0 Å². The van der Waals surface area contributed by atoms with Gasteiger partial charge in [-0.2, -0.15) is 0 Å². The van der Waals surface area contributed by atoms with Gasteiger partial charge in [0.25, 0.3) is 0 Å². The minimum Gasteiger partial charge on any atom is -0.399 e. The third kappa shape index (κ3) is 1.25. The molecule has 0 unspecified atom stereocenters. The zero-order chi connectivity index (χ0) is 13.9. The predicted octanol–water partition coefficient (Wildman–Crippen LogP) is 2.53. The van der Waals surface area contributed by atoms with Crippen molar-refractivity contribution >= 4 is 28.2 Å². The van der Waals surface area contributed by atoms with Crippen LogP contribution >= 0.6 is 0 Å². The number of benzene rings is 2. The van der Waals surface area contributed by atoms with E-state index in [0.717, 1.165) is 10.9 Å². The first-order valence-corrected chi connectivity index (χ1v) is 6.26. The maximum absolute atomic E-state index is 12.6. The number of hydrogen-bond donors (Lipinski definition) is 2. The number of carbonyl (C=O) groups excluding carboxylic acids is 2. The van der Waals surface area contributed by atoms with Gasteiger partial charge in [-0.05, 0) is 24.3 Å². The number of nitrogens with two attached hydrogens (primary N) is 1. The van der Waals surface area contributed by atoms with Gasteiger partial charge in [-0.25, -0.2) is 0 Å². The maximum Gasteiger partial charge on any atom is 0.210 e. The summed E-state index contributed by atoms with van der Waals surface area (Å²) in [6.07, 6.45) is 0. The molecular weight excluding hydrogens is 252 g/mol. The molecule has 96 valence electrons. The van der Waals surface area contributed by atoms with Gasteiger partial charge in [0.2, 0.25) is 5.78 Å². The first kappa shape index (κ1) is 11.0. The molecule has 0 aliphatic heterocycles. The maximum atomic E-state index is 12.6. The average Bonchev–Trinajstić information content (AvgIpc) is 2.84. The van der Waals surface area contributed by atoms with Crippen molar-refractivity contribution in [3.8, 4) is 0 Å². The van der Waals surface area contributed by atoms with E-state index in [0.29, 0.717) is 28.1 Å². The van der Waals surface area contributed by atoms with Crippen molar-refractivity contribution in [3.63, 3.8) is 0 Å². The van der Waals surface area contributed by atoms with Gasteiger partial charge in [0.15, 0.2) is 5.78 Å². The van der Waals surface area contributed by atoms with Crippen molar-refractivity contribution < 1.29 is 9.59 Å². The fourth-order valence-electron chi connectivity index (χ4n) is 2.77. The summed E-state index contributed by atoms with van der Waals surface area (Å²) in [6.45, 7) is 0. The summed E-state index contributed by atoms with van der Waals surface area (Å²) in [6, 6.07) is 12.2. The highest BCUT2D eigenvalue weighted by Gasteiger charge is 2.32. The number of aromatic amines is 1. The van der Waals surface area contributed by atoms with Crippen LogP contribution in [0.4, 0.5) is 5.69 Å². The number of nitrogens with one attached hydrogen (secondary N) is 1. The minimum atomic E-state index is -0.182. The molecule has 1 aliphatic rings. The molecule has 0 amide bonds. The molecule has 0 spiro atoms. The van der Waals surface area contributed by atoms with Crippen LogP contribution in [0.2, 0.25) is 0 Å². The molecule has 0 fully saturated rings. The van der Waals surface area contributed by atoms with Gasteiger partial charge in [-0.3, -0.25) is 9.59 Å². The lowest BCUT2D eigenvalue weighted by Gasteiger charge is -2.14. The highest BCUT2D eigenvalue weighted by atomic mass is 16.1. The molecule has 0 atom stereocenters. The number of H-pyrrole nitrogens is 1. The Labute approximate surface area is 114 Å². The predicted molar refractivity (Wildman–Crippen MR) is 76.0 cm³/mol. The van der Waals surface area contributed by atoms with Gasteiger partial charge in [-0.1, -0.05) is 18.2 Å². The Kier molecular flexibility index (Phi) is 1.96. The van der Waals surface area contributed by atoms with Gasteiger partial charge < -0.3 is 10.7 Å². The van der Waals surface area contributed by atoms with Crippen molar-refractivity contribution in [2.24, 2.45) is 0 Å². The van der Waals surface area contributed by atoms with Gasteiger partial charge in [0, 0.05) is 27.7 Å². The average molecular weight is 262 g/mol. The summed E-state index contributed by atoms with van der Waals surface area (Å²) in [5.41, 5.74) is 8.58. The van der Waals surface area contributed by atoms with Crippen LogP contribution < -0.4 is 5.73 Å². The van der Waals surface area contributed by atoms with Gasteiger partial charge in [0.05, 0.1) is 11.3 Å². The first-order valence-electron chi connectivity index (χ1n) is 6.26. The monoisotopic (exact) mass is 262 g/mol. The largest absolute Gasteiger partial charge is 0.399 e. The third-order valence-corrected chi connectivity index (χ3v) is 3.69. The molecule has 0 saturated carbocycles. The molecule has 0 saturated heterocycles. The molecule has 0 bridgehead atoms. The Hall–Kier alpha value is -2.88. The Balaban J connectivity index is 2.11. The van der Waals surface area contributed by atoms with Gasteiger partial charge >= 0.3 is 0 Å². The van der Waals surface area contributed by atoms with Crippen molar-refractivity contribution in [1.82, 2.24) is 4.98 Å². The number of hydrogen-bond acceptors (Lipinski definition) is 3. The fraction of sp³-hybridized carbons (Fsp3) is 0. The number of rotatable bonds is 0. The number of ketones is 2. The summed E-state index contributed by atoms with van der Waals surface area (Å²) in [5, 5.41) is 0.781. The fourth-order valence-corrected chi connectivity index (χ4v) is 2.77. The van der Waals surface area contributed by atoms with Crippen LogP contribution in [0, 0.1) is 0 Å². The van der Waals surface area contributed by atoms with Crippen molar-refractivity contribution in [1.29, 1.82) is 0 Å². The van der Waals surface area contributed by atoms with E-state index in [4.69, 9.17) is 5.73 Å². The lowest BCUT2D eigenvalue weighted by atomic mass is 9.86. The smallest absolute Gasteiger partial charge is 0.210 e. The molecule has 2 aromatic carbocycles. The van der Waals surface area contributed by atoms with Crippen LogP contribution in [0.1, 0.15) is 32.0 Å². The summed E-state index contributed by atoms with van der Waals surface area (Å²) in [5.74, 6) is -0.315. The lowest BCUT2D eigenvalue weighted by molar-refractivity contribution is 0.0978. The summed E-state index contributed by atoms with van der Waals surface area (Å²) in [7, 11) is 0. The molecule has 3 N–H and O–H groups in total. The van der Waals surface area contributed by atoms with Crippen LogP contribution in [0.25, 0.3) is 10.9 Å². The number of aromatic nitrogens is 1. The van der Waals surface area contributed by atoms with E-state index < -0.39 is 0 Å². The molecule has 1 heterocycles. The summed E-state index contributed by atoms with van der Waals surface area (Å²) >= 11 is 0. The molecule has 20 heavy (non-hydrogen) atoms. The highest BCUT2D eigenvalue weighted by molar-refractivity contribution is 6.32. The highest BCUT2D eigenvalue weighted by Crippen LogP contribution is 2.33. The van der Waals surface area contributed by atoms with Crippen molar-refractivity contribution in [3.05, 3.63) is 64.8 Å². The second-order valence-electron chi connectivity index (χ2n) is 4.88. The third-order valence-electron chi connectivity index (χ3n) is 3.69. The normalized spacial score (nSPS) is 13.4. The lowest BCUT2D eigenvalue weighted by Crippen LogP contribution is -2.20. The SMILES string of the molecule is Nc1ccc2c(c1)C(=O)c1[nH]c3ccccc3c1C2=O. The van der Waals surface area contributed by atoms with E-state index in [1.165, 1.54) is 0 Å². The van der Waals surface area contributed by atoms with E-state index in [1.807, 2.05) is 24.3 Å². The molecule has 0 radical (unpaired) electrons. The van der Waals surface area contributed by atoms with E-state index in [1.54, 1.807) is 18.2 Å². The second kappa shape index (κ2) is 3.57. The van der Waals surface area contributed by atoms with Crippen LogP contribution in [-0.2, 0) is 0 Å². The Bertz CT molecular complexity index is 906. The van der Waals surface area contributed by atoms with Gasteiger partial charge in [-0.15, -0.1) is 0 Å². The zero-order valence-electron chi connectivity index (χ0n) is 10.4. The molecular formula is C16H10N2O2. The number of carbonyl (C=O) groups is 2. The molecule has 4 heteroatoms.